The van der Waals surface area contributed by atoms with Gasteiger partial charge >= 0.3 is 5.97 Å². The summed E-state index contributed by atoms with van der Waals surface area (Å²) < 4.78 is 5.98. The van der Waals surface area contributed by atoms with E-state index in [-0.39, 0.29) is 0 Å². The molecule has 0 atom stereocenters. The lowest BCUT2D eigenvalue weighted by atomic mass is 9.83. The van der Waals surface area contributed by atoms with Crippen LogP contribution in [0.3, 0.4) is 0 Å². The summed E-state index contributed by atoms with van der Waals surface area (Å²) in [5.74, 6) is -0.263. The summed E-state index contributed by atoms with van der Waals surface area (Å²) in [6.07, 6.45) is 2.04. The van der Waals surface area contributed by atoms with Crippen molar-refractivity contribution in [3.63, 3.8) is 0 Å². The Morgan fingerprint density at radius 3 is 2.08 bits per heavy atom. The van der Waals surface area contributed by atoms with Crippen molar-refractivity contribution in [1.82, 2.24) is 0 Å². The molecule has 0 radical (unpaired) electrons. The van der Waals surface area contributed by atoms with E-state index >= 15 is 0 Å². The summed E-state index contributed by atoms with van der Waals surface area (Å²) in [7, 11) is 0. The first-order valence-corrected chi connectivity index (χ1v) is 9.41. The van der Waals surface area contributed by atoms with Crippen LogP contribution in [-0.4, -0.2) is 29.8 Å². The van der Waals surface area contributed by atoms with Gasteiger partial charge in [-0.25, -0.2) is 4.79 Å². The first kappa shape index (κ1) is 17.3. The molecule has 2 aromatic rings. The number of carbonyl (C=O) groups excluding carboxylic acids is 1. The average Bonchev–Trinajstić information content (AvgIpc) is 2.93. The van der Waals surface area contributed by atoms with Crippen molar-refractivity contribution >= 4 is 5.97 Å². The molecule has 0 saturated carbocycles. The van der Waals surface area contributed by atoms with Crippen LogP contribution >= 0.6 is 0 Å². The summed E-state index contributed by atoms with van der Waals surface area (Å²) in [5.41, 5.74) is 0.664. The van der Waals surface area contributed by atoms with E-state index in [0.29, 0.717) is 17.0 Å². The third kappa shape index (κ3) is 2.56. The molecule has 0 amide bonds. The number of ether oxygens (including phenoxy) is 1. The molecule has 0 spiro atoms. The van der Waals surface area contributed by atoms with Gasteiger partial charge in [0.05, 0.1) is 13.1 Å². The summed E-state index contributed by atoms with van der Waals surface area (Å²) >= 11 is 0. The van der Waals surface area contributed by atoms with Gasteiger partial charge in [0.25, 0.3) is 0 Å². The Morgan fingerprint density at radius 2 is 1.54 bits per heavy atom. The molecule has 4 rings (SSSR count). The van der Waals surface area contributed by atoms with Crippen molar-refractivity contribution in [2.24, 2.45) is 5.92 Å². The van der Waals surface area contributed by atoms with Crippen LogP contribution in [-0.2, 0) is 15.1 Å². The fourth-order valence-corrected chi connectivity index (χ4v) is 4.45. The maximum absolute atomic E-state index is 13.3. The third-order valence-corrected chi connectivity index (χ3v) is 6.00. The number of carbonyl (C=O) groups is 1. The number of rotatable bonds is 3. The van der Waals surface area contributed by atoms with E-state index < -0.39 is 17.2 Å². The van der Waals surface area contributed by atoms with E-state index in [2.05, 4.69) is 5.32 Å². The number of benzene rings is 2. The number of quaternary nitrogens is 1. The molecular formula is C22H26NO3+. The number of esters is 1. The predicted molar refractivity (Wildman–Crippen MR) is 99.4 cm³/mol. The minimum atomic E-state index is -1.74. The Kier molecular flexibility index (Phi) is 4.13. The fourth-order valence-electron chi connectivity index (χ4n) is 4.45. The topological polar surface area (TPSA) is 63.1 Å². The number of hydrogen-bond acceptors (Lipinski definition) is 3. The third-order valence-electron chi connectivity index (χ3n) is 6.00. The lowest BCUT2D eigenvalue weighted by molar-refractivity contribution is -0.665. The zero-order valence-corrected chi connectivity index (χ0v) is 15.4. The highest BCUT2D eigenvalue weighted by molar-refractivity contribution is 5.96. The van der Waals surface area contributed by atoms with Crippen molar-refractivity contribution in [2.75, 3.05) is 13.1 Å². The van der Waals surface area contributed by atoms with E-state index in [0.717, 1.165) is 37.1 Å². The first-order chi connectivity index (χ1) is 12.4. The molecule has 0 bridgehead atoms. The summed E-state index contributed by atoms with van der Waals surface area (Å²) in [6, 6.07) is 15.1. The summed E-state index contributed by atoms with van der Waals surface area (Å²) in [6.45, 7) is 6.05. The lowest BCUT2D eigenvalue weighted by Gasteiger charge is -2.37. The van der Waals surface area contributed by atoms with Crippen molar-refractivity contribution < 1.29 is 20.0 Å². The molecule has 2 aromatic carbocycles. The molecule has 4 heteroatoms. The number of piperidine rings is 1. The molecule has 1 saturated heterocycles. The summed E-state index contributed by atoms with van der Waals surface area (Å²) in [4.78, 5) is 13.3. The normalized spacial score (nSPS) is 18.9. The highest BCUT2D eigenvalue weighted by Crippen LogP contribution is 2.48. The second kappa shape index (κ2) is 6.22. The van der Waals surface area contributed by atoms with Crippen LogP contribution in [0.1, 0.15) is 37.8 Å². The van der Waals surface area contributed by atoms with Crippen LogP contribution in [0.5, 0.6) is 0 Å². The Hall–Kier alpha value is -2.17. The van der Waals surface area contributed by atoms with Gasteiger partial charge in [-0.15, -0.1) is 0 Å². The van der Waals surface area contributed by atoms with E-state index in [1.54, 1.807) is 0 Å². The van der Waals surface area contributed by atoms with Crippen LogP contribution in [0.4, 0.5) is 0 Å². The molecule has 0 unspecified atom stereocenters. The van der Waals surface area contributed by atoms with Gasteiger partial charge in [0.1, 0.15) is 5.60 Å². The van der Waals surface area contributed by atoms with Crippen molar-refractivity contribution in [3.8, 4) is 11.1 Å². The largest absolute Gasteiger partial charge is 0.457 e. The monoisotopic (exact) mass is 352 g/mol. The Balaban J connectivity index is 1.71. The molecule has 3 N–H and O–H groups in total. The highest BCUT2D eigenvalue weighted by Gasteiger charge is 2.51. The van der Waals surface area contributed by atoms with Crippen LogP contribution in [0.2, 0.25) is 0 Å². The van der Waals surface area contributed by atoms with Gasteiger partial charge in [0.2, 0.25) is 5.60 Å². The first-order valence-electron chi connectivity index (χ1n) is 9.41. The van der Waals surface area contributed by atoms with Crippen molar-refractivity contribution in [1.29, 1.82) is 0 Å². The zero-order chi connectivity index (χ0) is 18.4. The molecule has 4 nitrogen and oxygen atoms in total. The van der Waals surface area contributed by atoms with Crippen LogP contribution in [0.15, 0.2) is 48.5 Å². The van der Waals surface area contributed by atoms with Gasteiger partial charge in [-0.1, -0.05) is 48.5 Å². The quantitative estimate of drug-likeness (QED) is 0.833. The second-order valence-electron chi connectivity index (χ2n) is 7.93. The van der Waals surface area contributed by atoms with Crippen LogP contribution in [0, 0.1) is 5.92 Å². The molecule has 136 valence electrons. The van der Waals surface area contributed by atoms with Crippen molar-refractivity contribution in [3.05, 3.63) is 59.7 Å². The van der Waals surface area contributed by atoms with Gasteiger partial charge in [-0.2, -0.15) is 0 Å². The van der Waals surface area contributed by atoms with E-state index in [1.807, 2.05) is 62.4 Å². The van der Waals surface area contributed by atoms with Crippen molar-refractivity contribution in [2.45, 2.75) is 37.9 Å². The van der Waals surface area contributed by atoms with Crippen LogP contribution < -0.4 is 5.32 Å². The standard InChI is InChI=1S/C22H25NO3/c1-21(2,15-11-13-23-14-12-15)26-20(24)22(25)18-9-5-3-7-16(18)17-8-4-6-10-19(17)22/h3-10,15,23,25H,11-14H2,1-2H3/p+1. The Labute approximate surface area is 154 Å². The second-order valence-corrected chi connectivity index (χ2v) is 7.93. The molecule has 1 heterocycles. The minimum Gasteiger partial charge on any atom is -0.457 e. The maximum atomic E-state index is 13.3. The average molecular weight is 352 g/mol. The number of aliphatic hydroxyl groups is 1. The molecule has 1 aliphatic heterocycles. The zero-order valence-electron chi connectivity index (χ0n) is 15.4. The lowest BCUT2D eigenvalue weighted by Crippen LogP contribution is -2.86. The maximum Gasteiger partial charge on any atom is 0.348 e. The van der Waals surface area contributed by atoms with E-state index in [1.165, 1.54) is 0 Å². The number of nitrogens with two attached hydrogens (primary N) is 1. The van der Waals surface area contributed by atoms with Gasteiger partial charge in [0.15, 0.2) is 0 Å². The molecule has 1 aliphatic carbocycles. The van der Waals surface area contributed by atoms with E-state index in [9.17, 15) is 9.90 Å². The smallest absolute Gasteiger partial charge is 0.348 e. The predicted octanol–water partition coefficient (Wildman–Crippen LogP) is 2.20. The van der Waals surface area contributed by atoms with Gasteiger partial charge in [-0.05, 0) is 25.0 Å². The Morgan fingerprint density at radius 1 is 1.04 bits per heavy atom. The molecular weight excluding hydrogens is 326 g/mol. The Bertz CT molecular complexity index is 791. The fraction of sp³-hybridized carbons (Fsp3) is 0.409. The van der Waals surface area contributed by atoms with Gasteiger partial charge in [-0.3, -0.25) is 0 Å². The highest BCUT2D eigenvalue weighted by atomic mass is 16.6. The summed E-state index contributed by atoms with van der Waals surface area (Å²) in [5, 5.41) is 13.8. The number of fused-ring (bicyclic) bond motifs is 3. The minimum absolute atomic E-state index is 0.312. The van der Waals surface area contributed by atoms with Crippen LogP contribution in [0.25, 0.3) is 11.1 Å². The van der Waals surface area contributed by atoms with Gasteiger partial charge < -0.3 is 15.2 Å². The number of hydrogen-bond donors (Lipinski definition) is 2. The molecule has 2 aliphatic rings. The SMILES string of the molecule is CC(C)(OC(=O)C1(O)c2ccccc2-c2ccccc21)C1CC[NH2+]CC1. The van der Waals surface area contributed by atoms with E-state index in [4.69, 9.17) is 4.74 Å². The molecule has 26 heavy (non-hydrogen) atoms. The molecule has 1 fully saturated rings. The molecule has 0 aromatic heterocycles. The van der Waals surface area contributed by atoms with Gasteiger partial charge in [0, 0.05) is 29.9 Å².